The minimum absolute atomic E-state index is 0.584. The van der Waals surface area contributed by atoms with Crippen molar-refractivity contribution in [2.24, 2.45) is 5.73 Å². The zero-order valence-electron chi connectivity index (χ0n) is 14.9. The number of nitrogens with two attached hydrogens (primary N) is 1. The largest absolute Gasteiger partial charge is 0.325 e. The Hall–Kier alpha value is -2.01. The van der Waals surface area contributed by atoms with Crippen LogP contribution in [0, 0.1) is 0 Å². The molecule has 0 aliphatic heterocycles. The van der Waals surface area contributed by atoms with Gasteiger partial charge < -0.3 is 5.73 Å². The molecule has 0 amide bonds. The van der Waals surface area contributed by atoms with Crippen molar-refractivity contribution in [1.29, 1.82) is 0 Å². The number of pyridine rings is 1. The van der Waals surface area contributed by atoms with E-state index < -0.39 is 0 Å². The van der Waals surface area contributed by atoms with Crippen LogP contribution in [0.2, 0.25) is 0 Å². The van der Waals surface area contributed by atoms with Crippen LogP contribution in [0.5, 0.6) is 0 Å². The molecule has 0 spiro atoms. The molecule has 0 radical (unpaired) electrons. The van der Waals surface area contributed by atoms with E-state index in [4.69, 9.17) is 5.73 Å². The zero-order chi connectivity index (χ0) is 19.1. The van der Waals surface area contributed by atoms with Crippen LogP contribution in [0.1, 0.15) is 22.5 Å². The highest BCUT2D eigenvalue weighted by Gasteiger charge is 2.12. The van der Waals surface area contributed by atoms with E-state index in [0.717, 1.165) is 38.0 Å². The van der Waals surface area contributed by atoms with E-state index in [2.05, 4.69) is 91.1 Å². The van der Waals surface area contributed by atoms with Gasteiger partial charge in [0.25, 0.3) is 0 Å². The highest BCUT2D eigenvalue weighted by atomic mass is 79.9. The van der Waals surface area contributed by atoms with Crippen LogP contribution >= 0.6 is 31.9 Å². The van der Waals surface area contributed by atoms with Gasteiger partial charge in [-0.25, -0.2) is 0 Å². The summed E-state index contributed by atoms with van der Waals surface area (Å²) in [4.78, 5) is 0. The molecule has 0 saturated carbocycles. The van der Waals surface area contributed by atoms with E-state index in [0.29, 0.717) is 6.54 Å². The highest BCUT2D eigenvalue weighted by Crippen LogP contribution is 2.19. The molecule has 0 unspecified atom stereocenters. The lowest BCUT2D eigenvalue weighted by Crippen LogP contribution is -2.43. The van der Waals surface area contributed by atoms with E-state index in [1.54, 1.807) is 0 Å². The van der Waals surface area contributed by atoms with Gasteiger partial charge in [-0.1, -0.05) is 68.3 Å². The summed E-state index contributed by atoms with van der Waals surface area (Å²) in [5.74, 6) is 0. The Morgan fingerprint density at radius 2 is 1.15 bits per heavy atom. The summed E-state index contributed by atoms with van der Waals surface area (Å²) in [5, 5.41) is 0. The fourth-order valence-corrected chi connectivity index (χ4v) is 3.66. The van der Waals surface area contributed by atoms with Crippen molar-refractivity contribution < 1.29 is 4.57 Å². The molecule has 0 fully saturated rings. The molecule has 3 rings (SSSR count). The number of benzene rings is 2. The van der Waals surface area contributed by atoms with Crippen molar-refractivity contribution in [2.75, 3.05) is 6.54 Å². The molecular weight excluding hydrogens is 464 g/mol. The van der Waals surface area contributed by atoms with Crippen LogP contribution in [0.25, 0.3) is 24.3 Å². The van der Waals surface area contributed by atoms with Gasteiger partial charge in [0.05, 0.1) is 6.54 Å². The van der Waals surface area contributed by atoms with Gasteiger partial charge in [-0.05, 0) is 41.5 Å². The third-order valence-electron chi connectivity index (χ3n) is 4.19. The Labute approximate surface area is 177 Å². The maximum atomic E-state index is 5.88. The second kappa shape index (κ2) is 9.79. The Balaban J connectivity index is 1.95. The monoisotopic (exact) mass is 483 g/mol. The summed E-state index contributed by atoms with van der Waals surface area (Å²) in [5.41, 5.74) is 10.4. The average Bonchev–Trinajstić information content (AvgIpc) is 2.68. The van der Waals surface area contributed by atoms with E-state index >= 15 is 0 Å². The van der Waals surface area contributed by atoms with E-state index in [9.17, 15) is 0 Å². The zero-order valence-corrected chi connectivity index (χ0v) is 18.0. The summed E-state index contributed by atoms with van der Waals surface area (Å²) < 4.78 is 4.40. The minimum Gasteiger partial charge on any atom is -0.325 e. The minimum atomic E-state index is 0.584. The number of rotatable bonds is 6. The third-order valence-corrected chi connectivity index (χ3v) is 5.63. The van der Waals surface area contributed by atoms with Crippen LogP contribution in [0.15, 0.2) is 75.7 Å². The fraction of sp³-hybridized carbons (Fsp3) is 0.0870. The molecule has 0 aliphatic rings. The quantitative estimate of drug-likeness (QED) is 0.440. The molecule has 2 aromatic carbocycles. The first-order valence-electron chi connectivity index (χ1n) is 8.77. The lowest BCUT2D eigenvalue weighted by molar-refractivity contribution is -0.697. The Morgan fingerprint density at radius 1 is 0.667 bits per heavy atom. The van der Waals surface area contributed by atoms with Crippen LogP contribution < -0.4 is 10.3 Å². The lowest BCUT2D eigenvalue weighted by atomic mass is 10.1. The normalized spacial score (nSPS) is 11.5. The van der Waals surface area contributed by atoms with Crippen molar-refractivity contribution >= 4 is 56.2 Å². The van der Waals surface area contributed by atoms with Crippen LogP contribution in [-0.2, 0) is 6.54 Å². The van der Waals surface area contributed by atoms with E-state index in [1.807, 2.05) is 36.4 Å². The second-order valence-electron chi connectivity index (χ2n) is 6.03. The molecule has 1 aromatic heterocycles. The predicted molar refractivity (Wildman–Crippen MR) is 122 cm³/mol. The molecule has 0 aliphatic carbocycles. The van der Waals surface area contributed by atoms with Crippen molar-refractivity contribution in [1.82, 2.24) is 0 Å². The van der Waals surface area contributed by atoms with E-state index in [1.165, 1.54) is 0 Å². The van der Waals surface area contributed by atoms with Gasteiger partial charge in [0.1, 0.15) is 0 Å². The molecule has 4 heteroatoms. The van der Waals surface area contributed by atoms with Crippen molar-refractivity contribution in [3.05, 3.63) is 98.2 Å². The second-order valence-corrected chi connectivity index (χ2v) is 7.73. The molecule has 0 bridgehead atoms. The first-order chi connectivity index (χ1) is 13.2. The number of halogens is 2. The molecule has 0 atom stereocenters. The van der Waals surface area contributed by atoms with Gasteiger partial charge in [0.15, 0.2) is 6.54 Å². The smallest absolute Gasteiger partial charge is 0.205 e. The molecule has 3 aromatic rings. The van der Waals surface area contributed by atoms with Gasteiger partial charge in [0.2, 0.25) is 11.4 Å². The molecular formula is C23H21Br2N2+. The van der Waals surface area contributed by atoms with Crippen molar-refractivity contribution in [3.8, 4) is 0 Å². The Kier molecular flexibility index (Phi) is 7.16. The van der Waals surface area contributed by atoms with Crippen LogP contribution in [-0.4, -0.2) is 6.54 Å². The van der Waals surface area contributed by atoms with Gasteiger partial charge in [0, 0.05) is 33.2 Å². The first kappa shape index (κ1) is 19.7. The fourth-order valence-electron chi connectivity index (χ4n) is 2.82. The van der Waals surface area contributed by atoms with Gasteiger partial charge in [-0.2, -0.15) is 4.57 Å². The number of hydrogen-bond donors (Lipinski definition) is 1. The van der Waals surface area contributed by atoms with Crippen LogP contribution in [0.4, 0.5) is 0 Å². The SMILES string of the molecule is NCC[n+]1c(/C=C/c2ccccc2Br)cccc1/C=C/c1ccccc1Br. The maximum Gasteiger partial charge on any atom is 0.205 e. The summed E-state index contributed by atoms with van der Waals surface area (Å²) >= 11 is 7.19. The molecule has 27 heavy (non-hydrogen) atoms. The predicted octanol–water partition coefficient (Wildman–Crippen LogP) is 5.80. The summed E-state index contributed by atoms with van der Waals surface area (Å²) in [6.07, 6.45) is 8.50. The van der Waals surface area contributed by atoms with Gasteiger partial charge in [-0.3, -0.25) is 0 Å². The van der Waals surface area contributed by atoms with Crippen molar-refractivity contribution in [2.45, 2.75) is 6.54 Å². The van der Waals surface area contributed by atoms with E-state index in [-0.39, 0.29) is 0 Å². The van der Waals surface area contributed by atoms with Crippen molar-refractivity contribution in [3.63, 3.8) is 0 Å². The number of aromatic nitrogens is 1. The highest BCUT2D eigenvalue weighted by molar-refractivity contribution is 9.10. The summed E-state index contributed by atoms with van der Waals surface area (Å²) in [6.45, 7) is 1.34. The standard InChI is InChI=1S/C23H21Br2N2/c24-22-10-3-1-6-18(22)12-14-20-8-5-9-21(27(20)17-16-26)15-13-19-7-2-4-11-23(19)25/h1-15H,16-17,26H2/q+1/b14-12+,15-13+. The van der Waals surface area contributed by atoms with Gasteiger partial charge >= 0.3 is 0 Å². The van der Waals surface area contributed by atoms with Gasteiger partial charge in [-0.15, -0.1) is 0 Å². The summed E-state index contributed by atoms with van der Waals surface area (Å²) in [6, 6.07) is 22.7. The molecule has 136 valence electrons. The lowest BCUT2D eigenvalue weighted by Gasteiger charge is -2.04. The average molecular weight is 485 g/mol. The molecule has 0 saturated heterocycles. The topological polar surface area (TPSA) is 29.9 Å². The number of nitrogens with zero attached hydrogens (tertiary/aromatic N) is 1. The Bertz CT molecular complexity index is 904. The van der Waals surface area contributed by atoms with Crippen LogP contribution in [0.3, 0.4) is 0 Å². The Morgan fingerprint density at radius 3 is 1.59 bits per heavy atom. The first-order valence-corrected chi connectivity index (χ1v) is 10.4. The molecule has 1 heterocycles. The third kappa shape index (κ3) is 5.25. The summed E-state index contributed by atoms with van der Waals surface area (Å²) in [7, 11) is 0. The maximum absolute atomic E-state index is 5.88. The number of hydrogen-bond acceptors (Lipinski definition) is 1. The molecule has 2 nitrogen and oxygen atoms in total. The molecule has 2 N–H and O–H groups in total.